The highest BCUT2D eigenvalue weighted by molar-refractivity contribution is 7.71. The van der Waals surface area contributed by atoms with Gasteiger partial charge in [0, 0.05) is 46.5 Å². The molecule has 2 heterocycles. The van der Waals surface area contributed by atoms with Crippen LogP contribution in [0.5, 0.6) is 11.5 Å². The molecule has 0 fully saturated rings. The molecule has 0 bridgehead atoms. The molecule has 0 unspecified atom stereocenters. The van der Waals surface area contributed by atoms with E-state index in [4.69, 9.17) is 24.4 Å². The summed E-state index contributed by atoms with van der Waals surface area (Å²) in [6.45, 7) is 0. The Morgan fingerprint density at radius 2 is 0.979 bits per heavy atom. The predicted molar refractivity (Wildman–Crippen MR) is 180 cm³/mol. The van der Waals surface area contributed by atoms with Gasteiger partial charge in [-0.2, -0.15) is 0 Å². The first-order valence-corrected chi connectivity index (χ1v) is 14.7. The van der Waals surface area contributed by atoms with Gasteiger partial charge in [-0.1, -0.05) is 12.1 Å². The van der Waals surface area contributed by atoms with Gasteiger partial charge >= 0.3 is 0 Å². The van der Waals surface area contributed by atoms with Crippen LogP contribution in [0.15, 0.2) is 97.1 Å². The Morgan fingerprint density at radius 3 is 1.34 bits per heavy atom. The van der Waals surface area contributed by atoms with Gasteiger partial charge in [-0.15, -0.1) is 0 Å². The van der Waals surface area contributed by atoms with E-state index >= 15 is 0 Å². The van der Waals surface area contributed by atoms with Gasteiger partial charge in [0.05, 0.1) is 32.6 Å². The van der Waals surface area contributed by atoms with Gasteiger partial charge in [-0.25, -0.2) is 9.97 Å². The number of nitrogens with zero attached hydrogens (tertiary/aromatic N) is 4. The van der Waals surface area contributed by atoms with E-state index in [9.17, 15) is 30.4 Å². The average Bonchev–Trinajstić information content (AvgIpc) is 3.06. The quantitative estimate of drug-likeness (QED) is 0.0705. The SMILES string of the molecule is O=[N+]([O-])c1ccc(-c2cc(-c3cc(Cc4ccc(O)c(-c5cc(-c6ccc([N+](=O)[O-])cc6)nc(=S)[nH]5)c4)ccc3O)[nH]c(=S)n2)cc1. The monoisotopic (exact) mass is 662 g/mol. The highest BCUT2D eigenvalue weighted by Crippen LogP contribution is 2.34. The summed E-state index contributed by atoms with van der Waals surface area (Å²) in [5.41, 5.74) is 5.76. The number of benzene rings is 4. The minimum Gasteiger partial charge on any atom is -0.507 e. The zero-order chi connectivity index (χ0) is 33.2. The number of hydrogen-bond donors (Lipinski definition) is 4. The lowest BCUT2D eigenvalue weighted by molar-refractivity contribution is -0.385. The Morgan fingerprint density at radius 1 is 0.596 bits per heavy atom. The molecule has 6 aromatic rings. The Balaban J connectivity index is 1.31. The maximum absolute atomic E-state index is 11.1. The van der Waals surface area contributed by atoms with Crippen molar-refractivity contribution >= 4 is 35.8 Å². The molecule has 4 aromatic carbocycles. The molecule has 0 aliphatic carbocycles. The number of aromatic hydroxyl groups is 2. The molecule has 2 aromatic heterocycles. The number of aromatic nitrogens is 4. The first kappa shape index (κ1) is 30.9. The van der Waals surface area contributed by atoms with Gasteiger partial charge in [-0.3, -0.25) is 20.2 Å². The lowest BCUT2D eigenvalue weighted by Gasteiger charge is -2.12. The number of hydrogen-bond acceptors (Lipinski definition) is 10. The number of phenolic OH excluding ortho intramolecular Hbond substituents is 2. The first-order valence-electron chi connectivity index (χ1n) is 13.9. The van der Waals surface area contributed by atoms with Crippen molar-refractivity contribution in [3.63, 3.8) is 0 Å². The Hall–Kier alpha value is -6.12. The number of rotatable bonds is 8. The van der Waals surface area contributed by atoms with Crippen molar-refractivity contribution in [2.45, 2.75) is 6.42 Å². The molecule has 14 heteroatoms. The summed E-state index contributed by atoms with van der Waals surface area (Å²) < 4.78 is 0.346. The number of H-pyrrole nitrogens is 2. The van der Waals surface area contributed by atoms with Gasteiger partial charge in [0.25, 0.3) is 11.4 Å². The molecule has 6 rings (SSSR count). The second kappa shape index (κ2) is 12.7. The van der Waals surface area contributed by atoms with Crippen molar-refractivity contribution in [1.82, 2.24) is 19.9 Å². The lowest BCUT2D eigenvalue weighted by Crippen LogP contribution is -1.96. The van der Waals surface area contributed by atoms with E-state index in [0.717, 1.165) is 11.1 Å². The molecule has 0 aliphatic heterocycles. The summed E-state index contributed by atoms with van der Waals surface area (Å²) in [4.78, 5) is 35.9. The molecular formula is C33H22N6O6S2. The largest absolute Gasteiger partial charge is 0.507 e. The molecule has 0 radical (unpaired) electrons. The molecule has 47 heavy (non-hydrogen) atoms. The van der Waals surface area contributed by atoms with Gasteiger partial charge in [0.15, 0.2) is 9.54 Å². The third-order valence-electron chi connectivity index (χ3n) is 7.35. The maximum atomic E-state index is 11.1. The summed E-state index contributed by atoms with van der Waals surface area (Å²) in [7, 11) is 0. The molecule has 12 nitrogen and oxygen atoms in total. The minimum absolute atomic E-state index is 0.00905. The first-order chi connectivity index (χ1) is 22.5. The molecule has 0 spiro atoms. The van der Waals surface area contributed by atoms with Gasteiger partial charge in [0.2, 0.25) is 0 Å². The van der Waals surface area contributed by atoms with Crippen molar-refractivity contribution in [3.05, 3.63) is 138 Å². The summed E-state index contributed by atoms with van der Waals surface area (Å²) in [5.74, 6) is 0.0181. The molecule has 0 aliphatic rings. The average molecular weight is 663 g/mol. The number of nitro groups is 2. The number of phenols is 2. The summed E-state index contributed by atoms with van der Waals surface area (Å²) in [6.07, 6.45) is 0.433. The summed E-state index contributed by atoms with van der Waals surface area (Å²) >= 11 is 10.7. The number of non-ortho nitro benzene ring substituents is 2. The number of nitro benzene ring substituents is 2. The Labute approximate surface area is 276 Å². The van der Waals surface area contributed by atoms with Crippen molar-refractivity contribution in [1.29, 1.82) is 0 Å². The fraction of sp³-hybridized carbons (Fsp3) is 0.0303. The highest BCUT2D eigenvalue weighted by atomic mass is 32.1. The van der Waals surface area contributed by atoms with E-state index < -0.39 is 9.85 Å². The van der Waals surface area contributed by atoms with E-state index in [1.165, 1.54) is 24.3 Å². The summed E-state index contributed by atoms with van der Waals surface area (Å²) in [5, 5.41) is 43.7. The third kappa shape index (κ3) is 6.78. The molecule has 4 N–H and O–H groups in total. The van der Waals surface area contributed by atoms with Crippen LogP contribution in [0.25, 0.3) is 45.0 Å². The molecule has 0 amide bonds. The number of aromatic amines is 2. The van der Waals surface area contributed by atoms with Crippen molar-refractivity contribution < 1.29 is 20.1 Å². The predicted octanol–water partition coefficient (Wildman–Crippen LogP) is 8.08. The Bertz CT molecular complexity index is 2140. The normalized spacial score (nSPS) is 10.9. The standard InChI is InChI=1S/C33H22N6O6S2/c40-30-11-1-18(14-24(30)28-16-26(34-32(46)36-28)20-3-7-22(8-4-20)38(42)43)13-19-2-12-31(41)25(15-19)29-17-27(35-33(47)37-29)21-5-9-23(10-6-21)39(44)45/h1-12,14-17,40-41H,13H2,(H,34,36,46)(H,35,37,47). The number of nitrogens with one attached hydrogen (secondary N) is 2. The van der Waals surface area contributed by atoms with Gasteiger partial charge < -0.3 is 20.2 Å². The van der Waals surface area contributed by atoms with Gasteiger partial charge in [-0.05, 0) is 103 Å². The Kier molecular flexibility index (Phi) is 8.35. The topological polar surface area (TPSA) is 184 Å². The van der Waals surface area contributed by atoms with Crippen LogP contribution in [-0.4, -0.2) is 40.0 Å². The fourth-order valence-corrected chi connectivity index (χ4v) is 5.48. The van der Waals surface area contributed by atoms with E-state index in [1.54, 1.807) is 60.7 Å². The van der Waals surface area contributed by atoms with E-state index in [-0.39, 0.29) is 32.4 Å². The lowest BCUT2D eigenvalue weighted by atomic mass is 9.97. The van der Waals surface area contributed by atoms with Crippen LogP contribution in [-0.2, 0) is 6.42 Å². The van der Waals surface area contributed by atoms with Crippen molar-refractivity contribution in [3.8, 4) is 56.5 Å². The zero-order valence-corrected chi connectivity index (χ0v) is 25.7. The smallest absolute Gasteiger partial charge is 0.269 e. The van der Waals surface area contributed by atoms with Crippen LogP contribution in [0, 0.1) is 29.8 Å². The van der Waals surface area contributed by atoms with Gasteiger partial charge in [0.1, 0.15) is 11.5 Å². The zero-order valence-electron chi connectivity index (χ0n) is 24.1. The van der Waals surface area contributed by atoms with Crippen LogP contribution in [0.2, 0.25) is 0 Å². The third-order valence-corrected chi connectivity index (χ3v) is 7.73. The van der Waals surface area contributed by atoms with Crippen LogP contribution in [0.1, 0.15) is 11.1 Å². The van der Waals surface area contributed by atoms with Crippen molar-refractivity contribution in [2.24, 2.45) is 0 Å². The van der Waals surface area contributed by atoms with E-state index in [2.05, 4.69) is 19.9 Å². The molecular weight excluding hydrogens is 641 g/mol. The second-order valence-corrected chi connectivity index (χ2v) is 11.2. The van der Waals surface area contributed by atoms with Crippen LogP contribution in [0.3, 0.4) is 0 Å². The second-order valence-electron chi connectivity index (χ2n) is 10.5. The van der Waals surface area contributed by atoms with Crippen LogP contribution in [0.4, 0.5) is 11.4 Å². The summed E-state index contributed by atoms with van der Waals surface area (Å²) in [6, 6.07) is 25.6. The van der Waals surface area contributed by atoms with E-state index in [0.29, 0.717) is 51.5 Å². The van der Waals surface area contributed by atoms with Crippen LogP contribution < -0.4 is 0 Å². The molecule has 0 saturated carbocycles. The maximum Gasteiger partial charge on any atom is 0.269 e. The fourth-order valence-electron chi connectivity index (χ4n) is 5.06. The molecule has 232 valence electrons. The minimum atomic E-state index is -0.481. The van der Waals surface area contributed by atoms with Crippen LogP contribution >= 0.6 is 24.4 Å². The highest BCUT2D eigenvalue weighted by Gasteiger charge is 2.14. The molecule has 0 atom stereocenters. The molecule has 0 saturated heterocycles. The van der Waals surface area contributed by atoms with E-state index in [1.807, 2.05) is 12.1 Å². The van der Waals surface area contributed by atoms with Crippen molar-refractivity contribution in [2.75, 3.05) is 0 Å².